The molecule has 1 heterocycles. The van der Waals surface area contributed by atoms with Gasteiger partial charge in [-0.1, -0.05) is 6.07 Å². The lowest BCUT2D eigenvalue weighted by Gasteiger charge is -2.14. The Hall–Kier alpha value is -4.01. The molecule has 9 heteroatoms. The van der Waals surface area contributed by atoms with E-state index < -0.39 is 11.9 Å². The first kappa shape index (κ1) is 20.7. The van der Waals surface area contributed by atoms with Crippen molar-refractivity contribution in [3.8, 4) is 23.0 Å². The van der Waals surface area contributed by atoms with Crippen LogP contribution in [0, 0.1) is 0 Å². The molecule has 9 nitrogen and oxygen atoms in total. The molecule has 0 bridgehead atoms. The van der Waals surface area contributed by atoms with Crippen molar-refractivity contribution >= 4 is 23.9 Å². The number of aliphatic imine (C=N–C) groups is 1. The summed E-state index contributed by atoms with van der Waals surface area (Å²) in [7, 11) is 4.42. The zero-order chi connectivity index (χ0) is 21.7. The van der Waals surface area contributed by atoms with E-state index >= 15 is 0 Å². The Morgan fingerprint density at radius 3 is 2.40 bits per heavy atom. The first-order chi connectivity index (χ1) is 14.4. The van der Waals surface area contributed by atoms with Gasteiger partial charge in [-0.15, -0.1) is 0 Å². The molecule has 0 unspecified atom stereocenters. The second-order valence-corrected chi connectivity index (χ2v) is 6.08. The number of ether oxygens (including phenoxy) is 5. The number of amides is 1. The first-order valence-electron chi connectivity index (χ1n) is 8.79. The van der Waals surface area contributed by atoms with E-state index in [1.165, 1.54) is 20.3 Å². The molecule has 2 aromatic rings. The van der Waals surface area contributed by atoms with Gasteiger partial charge in [-0.25, -0.2) is 9.79 Å². The molecule has 1 aliphatic heterocycles. The minimum absolute atomic E-state index is 0.0998. The molecule has 0 aromatic heterocycles. The molecule has 1 amide bonds. The van der Waals surface area contributed by atoms with Gasteiger partial charge >= 0.3 is 5.97 Å². The van der Waals surface area contributed by atoms with Crippen LogP contribution in [0.5, 0.6) is 23.0 Å². The Bertz CT molecular complexity index is 1020. The highest BCUT2D eigenvalue weighted by Gasteiger charge is 2.25. The molecule has 2 aromatic carbocycles. The molecule has 0 aliphatic carbocycles. The topological polar surface area (TPSA) is 119 Å². The largest absolute Gasteiger partial charge is 0.497 e. The molecule has 0 fully saturated rings. The summed E-state index contributed by atoms with van der Waals surface area (Å²) in [6, 6.07) is 10.2. The minimum Gasteiger partial charge on any atom is -0.497 e. The number of methoxy groups -OCH3 is 3. The van der Waals surface area contributed by atoms with E-state index in [1.54, 1.807) is 43.5 Å². The average Bonchev–Trinajstić information content (AvgIpc) is 3.12. The summed E-state index contributed by atoms with van der Waals surface area (Å²) in [5, 5.41) is 0. The van der Waals surface area contributed by atoms with Crippen molar-refractivity contribution in [3.63, 3.8) is 0 Å². The van der Waals surface area contributed by atoms with E-state index in [4.69, 9.17) is 29.4 Å². The van der Waals surface area contributed by atoms with Crippen LogP contribution in [0.2, 0.25) is 0 Å². The molecule has 2 N–H and O–H groups in total. The maximum atomic E-state index is 12.3. The molecule has 1 aliphatic rings. The van der Waals surface area contributed by atoms with E-state index in [0.29, 0.717) is 28.4 Å². The van der Waals surface area contributed by atoms with Crippen molar-refractivity contribution in [2.75, 3.05) is 27.9 Å². The number of carbonyl (C=O) groups is 2. The van der Waals surface area contributed by atoms with Gasteiger partial charge in [-0.3, -0.25) is 4.79 Å². The molecule has 0 radical (unpaired) electrons. The van der Waals surface area contributed by atoms with Gasteiger partial charge in [-0.2, -0.15) is 0 Å². The number of cyclic esters (lactones) is 1. The molecule has 156 valence electrons. The van der Waals surface area contributed by atoms with Crippen LogP contribution in [0.15, 0.2) is 47.1 Å². The highest BCUT2D eigenvalue weighted by molar-refractivity contribution is 6.13. The van der Waals surface area contributed by atoms with Crippen LogP contribution in [-0.2, 0) is 14.3 Å². The molecule has 0 spiro atoms. The molecule has 0 atom stereocenters. The second kappa shape index (κ2) is 8.99. The number of hydrogen-bond acceptors (Lipinski definition) is 8. The SMILES string of the molecule is COc1cccc(C2=N/C(=C\c3cc(OC)c(OCC(N)=O)c(OC)c3)C(=O)O2)c1. The fourth-order valence-electron chi connectivity index (χ4n) is 2.72. The van der Waals surface area contributed by atoms with E-state index in [2.05, 4.69) is 4.99 Å². The van der Waals surface area contributed by atoms with Crippen LogP contribution >= 0.6 is 0 Å². The fraction of sp³-hybridized carbons (Fsp3) is 0.190. The maximum Gasteiger partial charge on any atom is 0.363 e. The van der Waals surface area contributed by atoms with Gasteiger partial charge in [0.05, 0.1) is 21.3 Å². The lowest BCUT2D eigenvalue weighted by molar-refractivity contribution is -0.130. The summed E-state index contributed by atoms with van der Waals surface area (Å²) in [4.78, 5) is 27.6. The quantitative estimate of drug-likeness (QED) is 0.520. The summed E-state index contributed by atoms with van der Waals surface area (Å²) in [6.07, 6.45) is 1.53. The van der Waals surface area contributed by atoms with Crippen molar-refractivity contribution in [1.82, 2.24) is 0 Å². The van der Waals surface area contributed by atoms with Gasteiger partial charge in [-0.05, 0) is 42.0 Å². The normalized spacial score (nSPS) is 14.2. The Balaban J connectivity index is 1.96. The third-order valence-electron chi connectivity index (χ3n) is 4.08. The highest BCUT2D eigenvalue weighted by atomic mass is 16.6. The summed E-state index contributed by atoms with van der Waals surface area (Å²) in [5.74, 6) is 0.362. The zero-order valence-corrected chi connectivity index (χ0v) is 16.6. The van der Waals surface area contributed by atoms with Crippen LogP contribution in [-0.4, -0.2) is 45.7 Å². The predicted octanol–water partition coefficient (Wildman–Crippen LogP) is 1.92. The maximum absolute atomic E-state index is 12.3. The Kier molecular flexibility index (Phi) is 6.21. The first-order valence-corrected chi connectivity index (χ1v) is 8.79. The van der Waals surface area contributed by atoms with Crippen molar-refractivity contribution in [1.29, 1.82) is 0 Å². The van der Waals surface area contributed by atoms with Gasteiger partial charge in [0, 0.05) is 5.56 Å². The molecular weight excluding hydrogens is 392 g/mol. The number of benzene rings is 2. The van der Waals surface area contributed by atoms with Crippen LogP contribution in [0.25, 0.3) is 6.08 Å². The van der Waals surface area contributed by atoms with Crippen molar-refractivity contribution < 1.29 is 33.3 Å². The smallest absolute Gasteiger partial charge is 0.363 e. The minimum atomic E-state index is -0.640. The second-order valence-electron chi connectivity index (χ2n) is 6.08. The highest BCUT2D eigenvalue weighted by Crippen LogP contribution is 2.39. The summed E-state index contributed by atoms with van der Waals surface area (Å²) in [5.41, 5.74) is 6.39. The fourth-order valence-corrected chi connectivity index (χ4v) is 2.72. The van der Waals surface area contributed by atoms with Crippen molar-refractivity contribution in [2.45, 2.75) is 0 Å². The summed E-state index contributed by atoms with van der Waals surface area (Å²) < 4.78 is 26.5. The van der Waals surface area contributed by atoms with Crippen molar-refractivity contribution in [2.24, 2.45) is 10.7 Å². The Labute approximate surface area is 172 Å². The van der Waals surface area contributed by atoms with E-state index in [1.807, 2.05) is 0 Å². The molecule has 3 rings (SSSR count). The van der Waals surface area contributed by atoms with Gasteiger partial charge < -0.3 is 29.4 Å². The van der Waals surface area contributed by atoms with E-state index in [0.717, 1.165) is 0 Å². The van der Waals surface area contributed by atoms with Gasteiger partial charge in [0.15, 0.2) is 23.8 Å². The summed E-state index contributed by atoms with van der Waals surface area (Å²) in [6.45, 7) is -0.340. The number of carbonyl (C=O) groups excluding carboxylic acids is 2. The van der Waals surface area contributed by atoms with Crippen molar-refractivity contribution in [3.05, 3.63) is 53.2 Å². The third-order valence-corrected chi connectivity index (χ3v) is 4.08. The standard InChI is InChI=1S/C21H20N2O7/c1-26-14-6-4-5-13(10-14)20-23-15(21(25)30-20)7-12-8-16(27-2)19(17(9-12)28-3)29-11-18(22)24/h4-10H,11H2,1-3H3,(H2,22,24)/b15-7-. The third kappa shape index (κ3) is 4.52. The molecule has 30 heavy (non-hydrogen) atoms. The van der Waals surface area contributed by atoms with Gasteiger partial charge in [0.1, 0.15) is 5.75 Å². The van der Waals surface area contributed by atoms with Crippen LogP contribution in [0.4, 0.5) is 0 Å². The zero-order valence-electron chi connectivity index (χ0n) is 16.6. The van der Waals surface area contributed by atoms with E-state index in [-0.39, 0.29) is 24.0 Å². The molecule has 0 saturated carbocycles. The summed E-state index contributed by atoms with van der Waals surface area (Å²) >= 11 is 0. The van der Waals surface area contributed by atoms with Gasteiger partial charge in [0.2, 0.25) is 11.6 Å². The number of hydrogen-bond donors (Lipinski definition) is 1. The Morgan fingerprint density at radius 2 is 1.80 bits per heavy atom. The van der Waals surface area contributed by atoms with E-state index in [9.17, 15) is 9.59 Å². The number of primary amides is 1. The Morgan fingerprint density at radius 1 is 1.10 bits per heavy atom. The lowest BCUT2D eigenvalue weighted by atomic mass is 10.1. The monoisotopic (exact) mass is 412 g/mol. The van der Waals surface area contributed by atoms with Crippen LogP contribution in [0.1, 0.15) is 11.1 Å². The number of nitrogens with two attached hydrogens (primary N) is 1. The number of nitrogens with zero attached hydrogens (tertiary/aromatic N) is 1. The molecule has 0 saturated heterocycles. The van der Waals surface area contributed by atoms with Crippen LogP contribution < -0.4 is 24.7 Å². The van der Waals surface area contributed by atoms with Crippen LogP contribution in [0.3, 0.4) is 0 Å². The average molecular weight is 412 g/mol. The lowest BCUT2D eigenvalue weighted by Crippen LogP contribution is -2.20. The number of esters is 1. The molecular formula is C21H20N2O7. The predicted molar refractivity (Wildman–Crippen MR) is 108 cm³/mol. The van der Waals surface area contributed by atoms with Gasteiger partial charge in [0.25, 0.3) is 5.91 Å². The number of rotatable bonds is 8.